The minimum Gasteiger partial charge on any atom is -0.414 e. The van der Waals surface area contributed by atoms with Gasteiger partial charge >= 0.3 is 0 Å². The SMILES string of the molecule is C=CCC(CCCCCC)O[Si](C)(C)C. The predicted octanol–water partition coefficient (Wildman–Crippen LogP) is 4.75. The Labute approximate surface area is 97.0 Å². The lowest BCUT2D eigenvalue weighted by atomic mass is 10.1. The van der Waals surface area contributed by atoms with E-state index in [4.69, 9.17) is 4.43 Å². The summed E-state index contributed by atoms with van der Waals surface area (Å²) in [6.07, 6.45) is 9.94. The molecule has 0 aliphatic rings. The molecule has 0 aromatic heterocycles. The second-order valence-corrected chi connectivity index (χ2v) is 9.69. The highest BCUT2D eigenvalue weighted by atomic mass is 28.4. The molecule has 0 aliphatic carbocycles. The van der Waals surface area contributed by atoms with Crippen LogP contribution in [0.3, 0.4) is 0 Å². The Hall–Kier alpha value is -0.0831. The molecule has 0 heterocycles. The molecule has 0 saturated carbocycles. The lowest BCUT2D eigenvalue weighted by Gasteiger charge is -2.25. The summed E-state index contributed by atoms with van der Waals surface area (Å²) in [6, 6.07) is 0. The van der Waals surface area contributed by atoms with Crippen molar-refractivity contribution in [3.63, 3.8) is 0 Å². The molecule has 1 nitrogen and oxygen atoms in total. The molecule has 0 amide bonds. The molecule has 15 heavy (non-hydrogen) atoms. The van der Waals surface area contributed by atoms with E-state index in [0.29, 0.717) is 6.10 Å². The highest BCUT2D eigenvalue weighted by Crippen LogP contribution is 2.16. The first-order valence-electron chi connectivity index (χ1n) is 6.28. The van der Waals surface area contributed by atoms with Crippen LogP contribution < -0.4 is 0 Å². The van der Waals surface area contributed by atoms with Gasteiger partial charge in [0.15, 0.2) is 8.32 Å². The Morgan fingerprint density at radius 1 is 1.20 bits per heavy atom. The number of hydrogen-bond acceptors (Lipinski definition) is 1. The van der Waals surface area contributed by atoms with Crippen LogP contribution in [0.2, 0.25) is 19.6 Å². The van der Waals surface area contributed by atoms with Crippen LogP contribution in [0.1, 0.15) is 45.4 Å². The number of rotatable bonds is 9. The first-order valence-corrected chi connectivity index (χ1v) is 9.69. The molecule has 0 aromatic rings. The van der Waals surface area contributed by atoms with Gasteiger partial charge < -0.3 is 4.43 Å². The van der Waals surface area contributed by atoms with Gasteiger partial charge in [0.1, 0.15) is 0 Å². The third kappa shape index (κ3) is 10.2. The van der Waals surface area contributed by atoms with Gasteiger partial charge in [0.2, 0.25) is 0 Å². The van der Waals surface area contributed by atoms with E-state index in [1.165, 1.54) is 32.1 Å². The maximum absolute atomic E-state index is 6.13. The maximum atomic E-state index is 6.13. The number of hydrogen-bond donors (Lipinski definition) is 0. The zero-order valence-electron chi connectivity index (χ0n) is 11.0. The molecule has 1 atom stereocenters. The predicted molar refractivity (Wildman–Crippen MR) is 71.8 cm³/mol. The van der Waals surface area contributed by atoms with E-state index in [9.17, 15) is 0 Å². The van der Waals surface area contributed by atoms with Gasteiger partial charge in [0.05, 0.1) is 0 Å². The summed E-state index contributed by atoms with van der Waals surface area (Å²) in [7, 11) is -1.37. The van der Waals surface area contributed by atoms with Crippen LogP contribution in [-0.4, -0.2) is 14.4 Å². The quantitative estimate of drug-likeness (QED) is 0.314. The third-order valence-electron chi connectivity index (χ3n) is 2.33. The van der Waals surface area contributed by atoms with Gasteiger partial charge in [-0.3, -0.25) is 0 Å². The Morgan fingerprint density at radius 3 is 2.33 bits per heavy atom. The lowest BCUT2D eigenvalue weighted by molar-refractivity contribution is 0.182. The maximum Gasteiger partial charge on any atom is 0.184 e. The summed E-state index contributed by atoms with van der Waals surface area (Å²) in [4.78, 5) is 0. The Balaban J connectivity index is 3.78. The summed E-state index contributed by atoms with van der Waals surface area (Å²) in [6.45, 7) is 12.8. The molecule has 0 bridgehead atoms. The van der Waals surface area contributed by atoms with Crippen LogP contribution in [0.25, 0.3) is 0 Å². The first-order chi connectivity index (χ1) is 6.99. The van der Waals surface area contributed by atoms with Crippen molar-refractivity contribution in [2.75, 3.05) is 0 Å². The van der Waals surface area contributed by atoms with E-state index in [1.807, 2.05) is 6.08 Å². The fourth-order valence-corrected chi connectivity index (χ4v) is 2.92. The molecule has 0 fully saturated rings. The second-order valence-electron chi connectivity index (χ2n) is 5.23. The number of unbranched alkanes of at least 4 members (excludes halogenated alkanes) is 3. The molecular formula is C13H28OSi. The van der Waals surface area contributed by atoms with E-state index < -0.39 is 8.32 Å². The molecule has 90 valence electrons. The minimum atomic E-state index is -1.37. The van der Waals surface area contributed by atoms with Gasteiger partial charge in [-0.05, 0) is 32.5 Å². The molecule has 0 rings (SSSR count). The largest absolute Gasteiger partial charge is 0.414 e. The van der Waals surface area contributed by atoms with Crippen molar-refractivity contribution in [3.8, 4) is 0 Å². The van der Waals surface area contributed by atoms with Crippen LogP contribution in [0, 0.1) is 0 Å². The van der Waals surface area contributed by atoms with E-state index in [2.05, 4.69) is 33.1 Å². The molecule has 0 radical (unpaired) electrons. The Bertz CT molecular complexity index is 160. The Morgan fingerprint density at radius 2 is 1.87 bits per heavy atom. The van der Waals surface area contributed by atoms with E-state index in [1.54, 1.807) is 0 Å². The zero-order chi connectivity index (χ0) is 11.7. The zero-order valence-corrected chi connectivity index (χ0v) is 12.0. The van der Waals surface area contributed by atoms with E-state index >= 15 is 0 Å². The van der Waals surface area contributed by atoms with Crippen molar-refractivity contribution in [2.24, 2.45) is 0 Å². The topological polar surface area (TPSA) is 9.23 Å². The van der Waals surface area contributed by atoms with Crippen LogP contribution >= 0.6 is 0 Å². The van der Waals surface area contributed by atoms with E-state index in [-0.39, 0.29) is 0 Å². The molecule has 0 spiro atoms. The summed E-state index contributed by atoms with van der Waals surface area (Å²) in [5.41, 5.74) is 0. The first kappa shape index (κ1) is 14.9. The average Bonchev–Trinajstić information content (AvgIpc) is 2.10. The smallest absolute Gasteiger partial charge is 0.184 e. The minimum absolute atomic E-state index is 0.422. The monoisotopic (exact) mass is 228 g/mol. The molecule has 0 saturated heterocycles. The van der Waals surface area contributed by atoms with Crippen LogP contribution in [0.4, 0.5) is 0 Å². The highest BCUT2D eigenvalue weighted by molar-refractivity contribution is 6.69. The van der Waals surface area contributed by atoms with Crippen molar-refractivity contribution in [1.29, 1.82) is 0 Å². The summed E-state index contributed by atoms with van der Waals surface area (Å²) < 4.78 is 6.13. The van der Waals surface area contributed by atoms with Crippen molar-refractivity contribution in [1.82, 2.24) is 0 Å². The third-order valence-corrected chi connectivity index (χ3v) is 3.37. The summed E-state index contributed by atoms with van der Waals surface area (Å²) >= 11 is 0. The van der Waals surface area contributed by atoms with E-state index in [0.717, 1.165) is 6.42 Å². The van der Waals surface area contributed by atoms with Gasteiger partial charge in [-0.1, -0.05) is 38.7 Å². The molecule has 0 aromatic carbocycles. The van der Waals surface area contributed by atoms with Crippen molar-refractivity contribution < 1.29 is 4.43 Å². The Kier molecular flexibility index (Phi) is 8.07. The van der Waals surface area contributed by atoms with Gasteiger partial charge in [-0.25, -0.2) is 0 Å². The van der Waals surface area contributed by atoms with Gasteiger partial charge in [-0.2, -0.15) is 0 Å². The molecular weight excluding hydrogens is 200 g/mol. The molecule has 2 heteroatoms. The van der Waals surface area contributed by atoms with Crippen molar-refractivity contribution in [2.45, 2.75) is 71.2 Å². The summed E-state index contributed by atoms with van der Waals surface area (Å²) in [5, 5.41) is 0. The van der Waals surface area contributed by atoms with Crippen LogP contribution in [0.5, 0.6) is 0 Å². The molecule has 0 N–H and O–H groups in total. The van der Waals surface area contributed by atoms with Crippen LogP contribution in [0.15, 0.2) is 12.7 Å². The van der Waals surface area contributed by atoms with Crippen molar-refractivity contribution >= 4 is 8.32 Å². The standard InChI is InChI=1S/C13H28OSi/c1-6-8-9-10-12-13(11-7-2)14-15(3,4)5/h7,13H,2,6,8-12H2,1,3-5H3. The normalized spacial score (nSPS) is 13.9. The van der Waals surface area contributed by atoms with Gasteiger partial charge in [0, 0.05) is 6.10 Å². The lowest BCUT2D eigenvalue weighted by Crippen LogP contribution is -2.31. The molecule has 1 unspecified atom stereocenters. The van der Waals surface area contributed by atoms with Crippen molar-refractivity contribution in [3.05, 3.63) is 12.7 Å². The summed E-state index contributed by atoms with van der Waals surface area (Å²) in [5.74, 6) is 0. The average molecular weight is 228 g/mol. The second kappa shape index (κ2) is 8.11. The highest BCUT2D eigenvalue weighted by Gasteiger charge is 2.19. The molecule has 0 aliphatic heterocycles. The fraction of sp³-hybridized carbons (Fsp3) is 0.846. The fourth-order valence-electron chi connectivity index (χ4n) is 1.71. The van der Waals surface area contributed by atoms with Gasteiger partial charge in [-0.15, -0.1) is 6.58 Å². The van der Waals surface area contributed by atoms with Gasteiger partial charge in [0.25, 0.3) is 0 Å². The van der Waals surface area contributed by atoms with Crippen LogP contribution in [-0.2, 0) is 4.43 Å².